The van der Waals surface area contributed by atoms with Crippen LogP contribution in [0.25, 0.3) is 0 Å². The molecule has 1 unspecified atom stereocenters. The fourth-order valence-corrected chi connectivity index (χ4v) is 1.52. The van der Waals surface area contributed by atoms with Gasteiger partial charge in [0.25, 0.3) is 0 Å². The highest BCUT2D eigenvalue weighted by Crippen LogP contribution is 2.21. The molecule has 0 spiro atoms. The van der Waals surface area contributed by atoms with Gasteiger partial charge in [0.15, 0.2) is 11.6 Å². The van der Waals surface area contributed by atoms with Crippen LogP contribution < -0.4 is 10.6 Å². The molecule has 1 rings (SSSR count). The largest absolute Gasteiger partial charge is 0.371 e. The number of anilines is 1. The summed E-state index contributed by atoms with van der Waals surface area (Å²) in [5.74, 6) is -2.72. The van der Waals surface area contributed by atoms with Crippen molar-refractivity contribution in [1.29, 1.82) is 5.26 Å². The van der Waals surface area contributed by atoms with Crippen molar-refractivity contribution >= 4 is 11.6 Å². The summed E-state index contributed by atoms with van der Waals surface area (Å²) in [6.45, 7) is 7.00. The molecule has 0 saturated heterocycles. The van der Waals surface area contributed by atoms with E-state index in [1.54, 1.807) is 6.07 Å². The minimum absolute atomic E-state index is 0.155. The SMILES string of the molecule is CC(Nc1ccc(C#N)c(F)c1F)C(=O)NC(C)(C)C. The summed E-state index contributed by atoms with van der Waals surface area (Å²) in [5, 5.41) is 13.9. The molecule has 0 aliphatic heterocycles. The molecule has 0 aliphatic carbocycles. The Bertz CT molecular complexity index is 559. The molecule has 4 nitrogen and oxygen atoms in total. The van der Waals surface area contributed by atoms with E-state index in [-0.39, 0.29) is 17.2 Å². The summed E-state index contributed by atoms with van der Waals surface area (Å²) in [4.78, 5) is 11.8. The quantitative estimate of drug-likeness (QED) is 0.895. The van der Waals surface area contributed by atoms with Crippen molar-refractivity contribution in [2.24, 2.45) is 0 Å². The lowest BCUT2D eigenvalue weighted by Gasteiger charge is -2.24. The van der Waals surface area contributed by atoms with Crippen molar-refractivity contribution in [1.82, 2.24) is 5.32 Å². The molecule has 0 aromatic heterocycles. The van der Waals surface area contributed by atoms with Crippen molar-refractivity contribution in [2.75, 3.05) is 5.32 Å². The Morgan fingerprint density at radius 3 is 2.40 bits per heavy atom. The van der Waals surface area contributed by atoms with E-state index in [9.17, 15) is 13.6 Å². The smallest absolute Gasteiger partial charge is 0.242 e. The van der Waals surface area contributed by atoms with Gasteiger partial charge in [0.1, 0.15) is 12.1 Å². The first-order valence-electron chi connectivity index (χ1n) is 6.12. The first-order valence-corrected chi connectivity index (χ1v) is 6.12. The van der Waals surface area contributed by atoms with E-state index in [2.05, 4.69) is 10.6 Å². The van der Waals surface area contributed by atoms with E-state index in [0.29, 0.717) is 0 Å². The van der Waals surface area contributed by atoms with E-state index in [0.717, 1.165) is 6.07 Å². The van der Waals surface area contributed by atoms with Crippen molar-refractivity contribution in [2.45, 2.75) is 39.3 Å². The van der Waals surface area contributed by atoms with Gasteiger partial charge in [-0.15, -0.1) is 0 Å². The number of nitrogens with zero attached hydrogens (tertiary/aromatic N) is 1. The van der Waals surface area contributed by atoms with Gasteiger partial charge in [-0.05, 0) is 39.8 Å². The maximum atomic E-state index is 13.7. The maximum absolute atomic E-state index is 13.7. The second-order valence-electron chi connectivity index (χ2n) is 5.51. The van der Waals surface area contributed by atoms with Crippen molar-refractivity contribution in [3.63, 3.8) is 0 Å². The van der Waals surface area contributed by atoms with Crippen molar-refractivity contribution < 1.29 is 13.6 Å². The summed E-state index contributed by atoms with van der Waals surface area (Å²) in [6, 6.07) is 3.20. The predicted octanol–water partition coefficient (Wildman–Crippen LogP) is 2.55. The molecule has 0 heterocycles. The first-order chi connectivity index (χ1) is 9.15. The van der Waals surface area contributed by atoms with Crippen LogP contribution in [0.4, 0.5) is 14.5 Å². The van der Waals surface area contributed by atoms with Crippen LogP contribution in [-0.2, 0) is 4.79 Å². The number of hydrogen-bond acceptors (Lipinski definition) is 3. The Hall–Kier alpha value is -2.16. The number of carbonyl (C=O) groups excluding carboxylic acids is 1. The van der Waals surface area contributed by atoms with Gasteiger partial charge in [-0.1, -0.05) is 0 Å². The topological polar surface area (TPSA) is 64.9 Å². The normalized spacial score (nSPS) is 12.4. The fraction of sp³-hybridized carbons (Fsp3) is 0.429. The molecular formula is C14H17F2N3O. The van der Waals surface area contributed by atoms with Crippen LogP contribution in [0.15, 0.2) is 12.1 Å². The molecule has 0 radical (unpaired) electrons. The number of carbonyl (C=O) groups is 1. The molecule has 20 heavy (non-hydrogen) atoms. The molecular weight excluding hydrogens is 264 g/mol. The lowest BCUT2D eigenvalue weighted by molar-refractivity contribution is -0.122. The summed E-state index contributed by atoms with van der Waals surface area (Å²) in [7, 11) is 0. The Morgan fingerprint density at radius 1 is 1.30 bits per heavy atom. The Labute approximate surface area is 116 Å². The van der Waals surface area contributed by atoms with E-state index in [1.165, 1.54) is 13.0 Å². The molecule has 108 valence electrons. The van der Waals surface area contributed by atoms with Gasteiger partial charge in [0, 0.05) is 5.54 Å². The first kappa shape index (κ1) is 15.9. The highest BCUT2D eigenvalue weighted by Gasteiger charge is 2.21. The molecule has 0 saturated carbocycles. The molecule has 0 bridgehead atoms. The third-order valence-corrected chi connectivity index (χ3v) is 2.47. The minimum Gasteiger partial charge on any atom is -0.371 e. The lowest BCUT2D eigenvalue weighted by atomic mass is 10.1. The Kier molecular flexibility index (Phi) is 4.66. The van der Waals surface area contributed by atoms with Gasteiger partial charge in [-0.2, -0.15) is 5.26 Å². The monoisotopic (exact) mass is 281 g/mol. The van der Waals surface area contributed by atoms with Gasteiger partial charge in [0.2, 0.25) is 5.91 Å². The van der Waals surface area contributed by atoms with Crippen LogP contribution in [0.3, 0.4) is 0 Å². The number of hydrogen-bond donors (Lipinski definition) is 2. The number of halogens is 2. The van der Waals surface area contributed by atoms with Gasteiger partial charge in [0.05, 0.1) is 11.3 Å². The molecule has 1 amide bonds. The Morgan fingerprint density at radius 2 is 1.90 bits per heavy atom. The maximum Gasteiger partial charge on any atom is 0.242 e. The molecule has 1 aromatic rings. The van der Waals surface area contributed by atoms with Crippen LogP contribution in [-0.4, -0.2) is 17.5 Å². The molecule has 6 heteroatoms. The standard InChI is InChI=1S/C14H17F2N3O/c1-8(13(20)19-14(2,3)4)18-10-6-5-9(7-17)11(15)12(10)16/h5-6,8,18H,1-4H3,(H,19,20). The van der Waals surface area contributed by atoms with Crippen LogP contribution in [0.2, 0.25) is 0 Å². The molecule has 1 aromatic carbocycles. The molecule has 0 aliphatic rings. The average molecular weight is 281 g/mol. The number of amides is 1. The van der Waals surface area contributed by atoms with Gasteiger partial charge < -0.3 is 10.6 Å². The summed E-state index contributed by atoms with van der Waals surface area (Å²) < 4.78 is 27.1. The molecule has 1 atom stereocenters. The van der Waals surface area contributed by atoms with Gasteiger partial charge in [-0.3, -0.25) is 4.79 Å². The zero-order chi connectivity index (χ0) is 15.5. The van der Waals surface area contributed by atoms with E-state index in [1.807, 2.05) is 20.8 Å². The van der Waals surface area contributed by atoms with Crippen molar-refractivity contribution in [3.8, 4) is 6.07 Å². The summed E-state index contributed by atoms with van der Waals surface area (Å²) in [6.07, 6.45) is 0. The van der Waals surface area contributed by atoms with Gasteiger partial charge >= 0.3 is 0 Å². The summed E-state index contributed by atoms with van der Waals surface area (Å²) >= 11 is 0. The van der Waals surface area contributed by atoms with Crippen LogP contribution in [0, 0.1) is 23.0 Å². The highest BCUT2D eigenvalue weighted by atomic mass is 19.2. The third-order valence-electron chi connectivity index (χ3n) is 2.47. The van der Waals surface area contributed by atoms with Crippen LogP contribution in [0.1, 0.15) is 33.3 Å². The second kappa shape index (κ2) is 5.87. The van der Waals surface area contributed by atoms with Gasteiger partial charge in [-0.25, -0.2) is 8.78 Å². The van der Waals surface area contributed by atoms with Crippen LogP contribution >= 0.6 is 0 Å². The number of benzene rings is 1. The van der Waals surface area contributed by atoms with E-state index >= 15 is 0 Å². The number of nitriles is 1. The van der Waals surface area contributed by atoms with E-state index < -0.39 is 23.2 Å². The number of rotatable bonds is 3. The lowest BCUT2D eigenvalue weighted by Crippen LogP contribution is -2.47. The minimum atomic E-state index is -1.22. The molecule has 2 N–H and O–H groups in total. The highest BCUT2D eigenvalue weighted by molar-refractivity contribution is 5.84. The predicted molar refractivity (Wildman–Crippen MR) is 72.1 cm³/mol. The summed E-state index contributed by atoms with van der Waals surface area (Å²) in [5.41, 5.74) is -0.945. The van der Waals surface area contributed by atoms with Crippen LogP contribution in [0.5, 0.6) is 0 Å². The Balaban J connectivity index is 2.87. The zero-order valence-corrected chi connectivity index (χ0v) is 11.8. The third kappa shape index (κ3) is 3.92. The number of nitrogens with one attached hydrogen (secondary N) is 2. The zero-order valence-electron chi connectivity index (χ0n) is 11.8. The molecule has 0 fully saturated rings. The average Bonchev–Trinajstić information content (AvgIpc) is 2.33. The van der Waals surface area contributed by atoms with Crippen molar-refractivity contribution in [3.05, 3.63) is 29.3 Å². The fourth-order valence-electron chi connectivity index (χ4n) is 1.52. The second-order valence-corrected chi connectivity index (χ2v) is 5.51. The van der Waals surface area contributed by atoms with E-state index in [4.69, 9.17) is 5.26 Å².